The molecule has 0 rings (SSSR count). The Hall–Kier alpha value is -0.0800. The average molecular weight is 314 g/mol. The van der Waals surface area contributed by atoms with Gasteiger partial charge in [0.15, 0.2) is 0 Å². The molecule has 134 valence electrons. The Morgan fingerprint density at radius 3 is 1.14 bits per heavy atom. The van der Waals surface area contributed by atoms with E-state index < -0.39 is 0 Å². The first kappa shape index (κ1) is 21.9. The quantitative estimate of drug-likeness (QED) is 0.164. The summed E-state index contributed by atoms with van der Waals surface area (Å²) in [6.45, 7) is 9.03. The predicted molar refractivity (Wildman–Crippen MR) is 99.9 cm³/mol. The smallest absolute Gasteiger partial charge is 0.0783 e. The van der Waals surface area contributed by atoms with Crippen molar-refractivity contribution in [1.29, 1.82) is 0 Å². The van der Waals surface area contributed by atoms with Crippen LogP contribution in [0, 0.1) is 5.21 Å². The molecule has 0 fully saturated rings. The Labute approximate surface area is 140 Å². The van der Waals surface area contributed by atoms with Crippen LogP contribution in [0.25, 0.3) is 0 Å². The number of unbranched alkanes of at least 4 members (excludes halogenated alkanes) is 12. The molecule has 0 saturated heterocycles. The van der Waals surface area contributed by atoms with Crippen LogP contribution >= 0.6 is 0 Å². The van der Waals surface area contributed by atoms with E-state index in [2.05, 4.69) is 20.8 Å². The molecular weight excluding hydrogens is 270 g/mol. The average Bonchev–Trinajstić information content (AvgIpc) is 2.53. The molecule has 0 bridgehead atoms. The molecule has 2 nitrogen and oxygen atoms in total. The summed E-state index contributed by atoms with van der Waals surface area (Å²) in [5, 5.41) is 12.7. The van der Waals surface area contributed by atoms with E-state index in [1.165, 1.54) is 77.0 Å². The zero-order valence-electron chi connectivity index (χ0n) is 15.9. The number of nitrogens with zero attached hydrogens (tertiary/aromatic N) is 1. The number of hydrogen-bond donors (Lipinski definition) is 0. The van der Waals surface area contributed by atoms with E-state index in [1.54, 1.807) is 0 Å². The molecule has 0 atom stereocenters. The van der Waals surface area contributed by atoms with Gasteiger partial charge in [0, 0.05) is 0 Å². The van der Waals surface area contributed by atoms with Crippen molar-refractivity contribution in [2.24, 2.45) is 0 Å². The second-order valence-electron chi connectivity index (χ2n) is 7.06. The maximum absolute atomic E-state index is 12.7. The van der Waals surface area contributed by atoms with Crippen molar-refractivity contribution in [1.82, 2.24) is 0 Å². The highest BCUT2D eigenvalue weighted by Gasteiger charge is 2.13. The van der Waals surface area contributed by atoms with Gasteiger partial charge in [0.2, 0.25) is 0 Å². The highest BCUT2D eigenvalue weighted by molar-refractivity contribution is 4.50. The lowest BCUT2D eigenvalue weighted by atomic mass is 10.1. The van der Waals surface area contributed by atoms with Crippen LogP contribution in [0.1, 0.15) is 111 Å². The molecule has 0 aliphatic carbocycles. The molecule has 0 amide bonds. The van der Waals surface area contributed by atoms with Gasteiger partial charge in [-0.05, 0) is 32.6 Å². The molecule has 0 aromatic carbocycles. The van der Waals surface area contributed by atoms with Crippen molar-refractivity contribution in [2.75, 3.05) is 19.6 Å². The number of rotatable bonds is 17. The van der Waals surface area contributed by atoms with Gasteiger partial charge in [-0.3, -0.25) is 0 Å². The summed E-state index contributed by atoms with van der Waals surface area (Å²) >= 11 is 0. The standard InChI is InChI=1S/C20H43NO/c1-4-7-9-11-13-15-17-19-21(22,6-3)20-18-16-14-12-10-8-5-2/h4-20H2,1-3H3. The summed E-state index contributed by atoms with van der Waals surface area (Å²) < 4.78 is 0.0594. The first-order chi connectivity index (χ1) is 10.7. The highest BCUT2D eigenvalue weighted by Crippen LogP contribution is 2.14. The van der Waals surface area contributed by atoms with Crippen molar-refractivity contribution >= 4 is 0 Å². The SMILES string of the molecule is CCCCCCCCC[N+]([O-])(CC)CCCCCCCCC. The third kappa shape index (κ3) is 13.6. The molecule has 0 aliphatic heterocycles. The van der Waals surface area contributed by atoms with Gasteiger partial charge in [-0.15, -0.1) is 0 Å². The third-order valence-electron chi connectivity index (χ3n) is 4.91. The van der Waals surface area contributed by atoms with Gasteiger partial charge >= 0.3 is 0 Å². The van der Waals surface area contributed by atoms with Crippen molar-refractivity contribution in [3.8, 4) is 0 Å². The molecular formula is C20H43NO. The summed E-state index contributed by atoms with van der Waals surface area (Å²) in [4.78, 5) is 0. The largest absolute Gasteiger partial charge is 0.633 e. The third-order valence-corrected chi connectivity index (χ3v) is 4.91. The Morgan fingerprint density at radius 1 is 0.500 bits per heavy atom. The van der Waals surface area contributed by atoms with Crippen molar-refractivity contribution in [2.45, 2.75) is 111 Å². The van der Waals surface area contributed by atoms with Crippen molar-refractivity contribution < 1.29 is 4.65 Å². The van der Waals surface area contributed by atoms with Crippen LogP contribution < -0.4 is 0 Å². The van der Waals surface area contributed by atoms with E-state index in [9.17, 15) is 5.21 Å². The van der Waals surface area contributed by atoms with E-state index >= 15 is 0 Å². The highest BCUT2D eigenvalue weighted by atomic mass is 16.5. The summed E-state index contributed by atoms with van der Waals surface area (Å²) in [5.41, 5.74) is 0. The number of hydroxylamine groups is 3. The van der Waals surface area contributed by atoms with Crippen LogP contribution in [0.15, 0.2) is 0 Å². The Bertz CT molecular complexity index is 200. The Morgan fingerprint density at radius 2 is 0.818 bits per heavy atom. The molecule has 0 aliphatic rings. The molecule has 0 aromatic heterocycles. The summed E-state index contributed by atoms with van der Waals surface area (Å²) in [6.07, 6.45) is 18.2. The second-order valence-corrected chi connectivity index (χ2v) is 7.06. The van der Waals surface area contributed by atoms with Crippen molar-refractivity contribution in [3.63, 3.8) is 0 Å². The molecule has 0 radical (unpaired) electrons. The fourth-order valence-corrected chi connectivity index (χ4v) is 3.14. The fourth-order valence-electron chi connectivity index (χ4n) is 3.14. The minimum Gasteiger partial charge on any atom is -0.633 e. The van der Waals surface area contributed by atoms with Crippen LogP contribution in [0.4, 0.5) is 0 Å². The second kappa shape index (κ2) is 15.8. The minimum absolute atomic E-state index is 0.0594. The molecule has 2 heteroatoms. The van der Waals surface area contributed by atoms with E-state index in [1.807, 2.05) is 0 Å². The van der Waals surface area contributed by atoms with Gasteiger partial charge in [-0.2, -0.15) is 0 Å². The maximum Gasteiger partial charge on any atom is 0.0783 e. The summed E-state index contributed by atoms with van der Waals surface area (Å²) in [6, 6.07) is 0. The van der Waals surface area contributed by atoms with Crippen LogP contribution in [-0.4, -0.2) is 24.3 Å². The minimum atomic E-state index is 0.0594. The zero-order valence-corrected chi connectivity index (χ0v) is 15.9. The van der Waals surface area contributed by atoms with Crippen molar-refractivity contribution in [3.05, 3.63) is 5.21 Å². The molecule has 22 heavy (non-hydrogen) atoms. The Balaban J connectivity index is 3.54. The maximum atomic E-state index is 12.7. The first-order valence-corrected chi connectivity index (χ1v) is 10.3. The fraction of sp³-hybridized carbons (Fsp3) is 1.00. The van der Waals surface area contributed by atoms with E-state index in [0.29, 0.717) is 0 Å². The molecule has 0 unspecified atom stereocenters. The van der Waals surface area contributed by atoms with E-state index in [-0.39, 0.29) is 4.65 Å². The lowest BCUT2D eigenvalue weighted by molar-refractivity contribution is -0.879. The molecule has 0 spiro atoms. The number of hydrogen-bond acceptors (Lipinski definition) is 1. The summed E-state index contributed by atoms with van der Waals surface area (Å²) in [7, 11) is 0. The summed E-state index contributed by atoms with van der Waals surface area (Å²) in [5.74, 6) is 0. The normalized spacial score (nSPS) is 12.0. The number of quaternary nitrogens is 1. The van der Waals surface area contributed by atoms with Gasteiger partial charge in [0.1, 0.15) is 0 Å². The van der Waals surface area contributed by atoms with Gasteiger partial charge in [0.25, 0.3) is 0 Å². The lowest BCUT2D eigenvalue weighted by Gasteiger charge is -2.42. The van der Waals surface area contributed by atoms with Crippen LogP contribution in [-0.2, 0) is 0 Å². The van der Waals surface area contributed by atoms with Crippen LogP contribution in [0.3, 0.4) is 0 Å². The Kier molecular flexibility index (Phi) is 15.7. The molecule has 0 aromatic rings. The monoisotopic (exact) mass is 313 g/mol. The zero-order chi connectivity index (χ0) is 16.5. The van der Waals surface area contributed by atoms with Crippen LogP contribution in [0.2, 0.25) is 0 Å². The molecule has 0 saturated carbocycles. The predicted octanol–water partition coefficient (Wildman–Crippen LogP) is 6.82. The van der Waals surface area contributed by atoms with E-state index in [0.717, 1.165) is 32.5 Å². The topological polar surface area (TPSA) is 23.1 Å². The van der Waals surface area contributed by atoms with Gasteiger partial charge in [-0.25, -0.2) is 0 Å². The lowest BCUT2D eigenvalue weighted by Crippen LogP contribution is -2.43. The van der Waals surface area contributed by atoms with Gasteiger partial charge < -0.3 is 9.85 Å². The van der Waals surface area contributed by atoms with Gasteiger partial charge in [0.05, 0.1) is 19.6 Å². The first-order valence-electron chi connectivity index (χ1n) is 10.3. The molecule has 0 heterocycles. The van der Waals surface area contributed by atoms with Gasteiger partial charge in [-0.1, -0.05) is 78.1 Å². The van der Waals surface area contributed by atoms with Crippen LogP contribution in [0.5, 0.6) is 0 Å². The molecule has 0 N–H and O–H groups in total. The van der Waals surface area contributed by atoms with E-state index in [4.69, 9.17) is 0 Å².